The molecule has 210 valence electrons. The highest BCUT2D eigenvalue weighted by molar-refractivity contribution is 8.00. The number of fused-ring (bicyclic) bond motifs is 2. The van der Waals surface area contributed by atoms with Gasteiger partial charge in [-0.1, -0.05) is 47.4 Å². The Morgan fingerprint density at radius 1 is 1.02 bits per heavy atom. The van der Waals surface area contributed by atoms with Gasteiger partial charge in [-0.2, -0.15) is 13.2 Å². The number of rotatable bonds is 6. The largest absolute Gasteiger partial charge is 0.465 e. The van der Waals surface area contributed by atoms with Crippen molar-refractivity contribution in [1.82, 2.24) is 4.57 Å². The van der Waals surface area contributed by atoms with Crippen LogP contribution in [0, 0.1) is 5.92 Å². The van der Waals surface area contributed by atoms with E-state index >= 15 is 0 Å². The molecule has 3 aromatic rings. The number of amides is 2. The van der Waals surface area contributed by atoms with E-state index in [2.05, 4.69) is 0 Å². The SMILES string of the molecule is CCOC(=O)Cn1c2c(sc1=O)C(c1ccc(N(C)C)cc1)C1C(=O)N(c3ccccc3C(F)(F)F)C(=O)C1S2. The predicted molar refractivity (Wildman–Crippen MR) is 145 cm³/mol. The van der Waals surface area contributed by atoms with E-state index < -0.39 is 63.7 Å². The average Bonchev–Trinajstić information content (AvgIpc) is 3.34. The number of hydrogen-bond donors (Lipinski definition) is 0. The summed E-state index contributed by atoms with van der Waals surface area (Å²) in [6.07, 6.45) is -4.79. The normalized spacial score (nSPS) is 20.4. The van der Waals surface area contributed by atoms with Gasteiger partial charge in [-0.05, 0) is 36.8 Å². The van der Waals surface area contributed by atoms with E-state index in [9.17, 15) is 32.3 Å². The lowest BCUT2D eigenvalue weighted by Crippen LogP contribution is -2.33. The van der Waals surface area contributed by atoms with E-state index in [-0.39, 0.29) is 6.61 Å². The first-order valence-corrected chi connectivity index (χ1v) is 14.0. The molecule has 1 saturated heterocycles. The third kappa shape index (κ3) is 4.70. The fraction of sp³-hybridized carbons (Fsp3) is 0.333. The van der Waals surface area contributed by atoms with E-state index in [1.165, 1.54) is 16.7 Å². The second-order valence-corrected chi connectivity index (χ2v) is 11.6. The van der Waals surface area contributed by atoms with Crippen molar-refractivity contribution in [2.24, 2.45) is 5.92 Å². The minimum atomic E-state index is -4.79. The summed E-state index contributed by atoms with van der Waals surface area (Å²) in [5.41, 5.74) is -0.137. The second kappa shape index (κ2) is 10.4. The first-order chi connectivity index (χ1) is 18.9. The summed E-state index contributed by atoms with van der Waals surface area (Å²) in [6.45, 7) is 1.35. The van der Waals surface area contributed by atoms with Crippen molar-refractivity contribution in [3.63, 3.8) is 0 Å². The number of imide groups is 1. The van der Waals surface area contributed by atoms with Crippen LogP contribution in [0.3, 0.4) is 0 Å². The van der Waals surface area contributed by atoms with Crippen molar-refractivity contribution < 1.29 is 32.3 Å². The van der Waals surface area contributed by atoms with Gasteiger partial charge >= 0.3 is 17.0 Å². The number of ether oxygens (including phenoxy) is 1. The number of carbonyl (C=O) groups excluding carboxylic acids is 3. The zero-order chi connectivity index (χ0) is 28.9. The van der Waals surface area contributed by atoms with Gasteiger partial charge in [-0.25, -0.2) is 4.90 Å². The Labute approximate surface area is 235 Å². The monoisotopic (exact) mass is 591 g/mol. The molecule has 1 aromatic heterocycles. The number of esters is 1. The van der Waals surface area contributed by atoms with Gasteiger partial charge in [-0.3, -0.25) is 23.7 Å². The second-order valence-electron chi connectivity index (χ2n) is 9.48. The molecule has 2 amide bonds. The number of nitrogens with zero attached hydrogens (tertiary/aromatic N) is 3. The molecule has 0 N–H and O–H groups in total. The molecular formula is C27H24F3N3O5S2. The number of thioether (sulfide) groups is 1. The van der Waals surface area contributed by atoms with E-state index in [1.807, 2.05) is 31.1 Å². The zero-order valence-electron chi connectivity index (χ0n) is 21.6. The number of carbonyl (C=O) groups is 3. The van der Waals surface area contributed by atoms with Crippen LogP contribution in [0.2, 0.25) is 0 Å². The van der Waals surface area contributed by atoms with Crippen LogP contribution >= 0.6 is 23.1 Å². The molecule has 3 unspecified atom stereocenters. The van der Waals surface area contributed by atoms with Gasteiger partial charge in [0.2, 0.25) is 11.8 Å². The Morgan fingerprint density at radius 3 is 2.33 bits per heavy atom. The Balaban J connectivity index is 1.66. The third-order valence-corrected chi connectivity index (χ3v) is 9.46. The topological polar surface area (TPSA) is 88.9 Å². The molecule has 2 aromatic carbocycles. The summed E-state index contributed by atoms with van der Waals surface area (Å²) in [5.74, 6) is -4.08. The molecule has 0 spiro atoms. The molecule has 3 heterocycles. The number of aromatic nitrogens is 1. The first kappa shape index (κ1) is 28.0. The van der Waals surface area contributed by atoms with Crippen LogP contribution < -0.4 is 14.7 Å². The van der Waals surface area contributed by atoms with Gasteiger partial charge in [-0.15, -0.1) is 0 Å². The maximum absolute atomic E-state index is 13.9. The van der Waals surface area contributed by atoms with Crippen LogP contribution in [-0.2, 0) is 31.8 Å². The third-order valence-electron chi connectivity index (χ3n) is 6.86. The number of benzene rings is 2. The highest BCUT2D eigenvalue weighted by Crippen LogP contribution is 2.54. The lowest BCUT2D eigenvalue weighted by atomic mass is 9.83. The van der Waals surface area contributed by atoms with Crippen LogP contribution in [0.1, 0.15) is 28.8 Å². The van der Waals surface area contributed by atoms with Crippen molar-refractivity contribution in [2.45, 2.75) is 35.8 Å². The number of anilines is 2. The molecule has 0 bridgehead atoms. The number of thiazole rings is 1. The maximum Gasteiger partial charge on any atom is 0.418 e. The minimum absolute atomic E-state index is 0.110. The van der Waals surface area contributed by atoms with Gasteiger partial charge in [0.25, 0.3) is 0 Å². The standard InChI is InChI=1S/C27H24F3N3O5S2/c1-4-38-18(34)13-32-25-22(40-26(32)37)19(14-9-11-15(12-10-14)31(2)3)20-21(39-25)24(36)33(23(20)35)17-8-6-5-7-16(17)27(28,29)30/h5-12,19-21H,4,13H2,1-3H3. The summed E-state index contributed by atoms with van der Waals surface area (Å²) in [6, 6.07) is 11.7. The fourth-order valence-electron chi connectivity index (χ4n) is 5.08. The molecule has 13 heteroatoms. The fourth-order valence-corrected chi connectivity index (χ4v) is 7.85. The van der Waals surface area contributed by atoms with Crippen LogP contribution in [0.15, 0.2) is 58.4 Å². The molecule has 8 nitrogen and oxygen atoms in total. The Bertz CT molecular complexity index is 1550. The average molecular weight is 592 g/mol. The Hall–Kier alpha value is -3.58. The predicted octanol–water partition coefficient (Wildman–Crippen LogP) is 4.35. The number of halogens is 3. The quantitative estimate of drug-likeness (QED) is 0.311. The number of para-hydroxylation sites is 1. The molecule has 0 radical (unpaired) electrons. The van der Waals surface area contributed by atoms with Crippen LogP contribution in [0.5, 0.6) is 0 Å². The molecule has 0 aliphatic carbocycles. The molecule has 3 atom stereocenters. The molecule has 2 aliphatic heterocycles. The van der Waals surface area contributed by atoms with Crippen molar-refractivity contribution in [3.05, 3.63) is 74.2 Å². The zero-order valence-corrected chi connectivity index (χ0v) is 23.2. The highest BCUT2D eigenvalue weighted by Gasteiger charge is 2.57. The molecule has 40 heavy (non-hydrogen) atoms. The van der Waals surface area contributed by atoms with E-state index in [0.717, 1.165) is 40.9 Å². The molecule has 5 rings (SSSR count). The lowest BCUT2D eigenvalue weighted by molar-refractivity contribution is -0.144. The minimum Gasteiger partial charge on any atom is -0.465 e. The summed E-state index contributed by atoms with van der Waals surface area (Å²) >= 11 is 1.78. The molecular weight excluding hydrogens is 567 g/mol. The van der Waals surface area contributed by atoms with Gasteiger partial charge in [0.15, 0.2) is 0 Å². The number of alkyl halides is 3. The van der Waals surface area contributed by atoms with Gasteiger partial charge in [0, 0.05) is 30.6 Å². The summed E-state index contributed by atoms with van der Waals surface area (Å²) in [7, 11) is 3.72. The molecule has 2 aliphatic rings. The van der Waals surface area contributed by atoms with Gasteiger partial charge < -0.3 is 9.64 Å². The first-order valence-electron chi connectivity index (χ1n) is 12.3. The lowest BCUT2D eigenvalue weighted by Gasteiger charge is -2.31. The van der Waals surface area contributed by atoms with Gasteiger partial charge in [0.1, 0.15) is 11.8 Å². The van der Waals surface area contributed by atoms with Gasteiger partial charge in [0.05, 0.1) is 28.8 Å². The van der Waals surface area contributed by atoms with E-state index in [4.69, 9.17) is 4.74 Å². The Kier molecular flexibility index (Phi) is 7.29. The summed E-state index contributed by atoms with van der Waals surface area (Å²) in [4.78, 5) is 55.5. The summed E-state index contributed by atoms with van der Waals surface area (Å²) in [5, 5.41) is -0.777. The van der Waals surface area contributed by atoms with Crippen LogP contribution in [-0.4, -0.2) is 48.3 Å². The van der Waals surface area contributed by atoms with Crippen molar-refractivity contribution in [1.29, 1.82) is 0 Å². The smallest absolute Gasteiger partial charge is 0.418 e. The van der Waals surface area contributed by atoms with Crippen molar-refractivity contribution >= 4 is 52.3 Å². The van der Waals surface area contributed by atoms with E-state index in [1.54, 1.807) is 19.1 Å². The molecule has 0 saturated carbocycles. The number of hydrogen-bond acceptors (Lipinski definition) is 8. The Morgan fingerprint density at radius 2 is 1.70 bits per heavy atom. The highest BCUT2D eigenvalue weighted by atomic mass is 32.2. The summed E-state index contributed by atoms with van der Waals surface area (Å²) < 4.78 is 47.9. The van der Waals surface area contributed by atoms with Crippen molar-refractivity contribution in [2.75, 3.05) is 30.5 Å². The molecule has 1 fully saturated rings. The van der Waals surface area contributed by atoms with Crippen molar-refractivity contribution in [3.8, 4) is 0 Å². The van der Waals surface area contributed by atoms with Crippen LogP contribution in [0.4, 0.5) is 24.5 Å². The van der Waals surface area contributed by atoms with Crippen LogP contribution in [0.25, 0.3) is 0 Å². The van der Waals surface area contributed by atoms with E-state index in [0.29, 0.717) is 20.4 Å². The maximum atomic E-state index is 13.9.